The van der Waals surface area contributed by atoms with Crippen LogP contribution in [0.15, 0.2) is 71.6 Å². The van der Waals surface area contributed by atoms with E-state index >= 15 is 0 Å². The highest BCUT2D eigenvalue weighted by Gasteiger charge is 2.32. The van der Waals surface area contributed by atoms with E-state index in [1.54, 1.807) is 56.3 Å². The van der Waals surface area contributed by atoms with Crippen LogP contribution in [0.2, 0.25) is 15.1 Å². The van der Waals surface area contributed by atoms with E-state index in [2.05, 4.69) is 5.32 Å². The van der Waals surface area contributed by atoms with Gasteiger partial charge in [0.2, 0.25) is 11.8 Å². The summed E-state index contributed by atoms with van der Waals surface area (Å²) in [6, 6.07) is 16.4. The Bertz CT molecular complexity index is 1400. The van der Waals surface area contributed by atoms with Gasteiger partial charge in [-0.15, -0.1) is 0 Å². The number of nitrogens with zero attached hydrogens (tertiary/aromatic N) is 2. The summed E-state index contributed by atoms with van der Waals surface area (Å²) in [5, 5.41) is 3.61. The Morgan fingerprint density at radius 2 is 1.62 bits per heavy atom. The second-order valence-corrected chi connectivity index (χ2v) is 11.4. The maximum absolute atomic E-state index is 13.7. The molecule has 196 valence electrons. The van der Waals surface area contributed by atoms with Crippen LogP contribution in [0.25, 0.3) is 0 Å². The summed E-state index contributed by atoms with van der Waals surface area (Å²) in [7, 11) is -2.71. The van der Waals surface area contributed by atoms with Crippen molar-refractivity contribution in [2.24, 2.45) is 0 Å². The molecule has 7 nitrogen and oxygen atoms in total. The van der Waals surface area contributed by atoms with Crippen molar-refractivity contribution in [3.05, 3.63) is 92.9 Å². The van der Waals surface area contributed by atoms with Crippen molar-refractivity contribution >= 4 is 62.3 Å². The van der Waals surface area contributed by atoms with Crippen molar-refractivity contribution in [3.8, 4) is 0 Å². The van der Waals surface area contributed by atoms with Gasteiger partial charge in [-0.05, 0) is 61.4 Å². The average molecular weight is 583 g/mol. The fourth-order valence-corrected chi connectivity index (χ4v) is 5.68. The Morgan fingerprint density at radius 1 is 0.946 bits per heavy atom. The molecule has 0 bridgehead atoms. The summed E-state index contributed by atoms with van der Waals surface area (Å²) in [4.78, 5) is 27.6. The van der Waals surface area contributed by atoms with E-state index in [-0.39, 0.29) is 17.1 Å². The van der Waals surface area contributed by atoms with Crippen LogP contribution in [-0.4, -0.2) is 44.8 Å². The third kappa shape index (κ3) is 6.76. The number of carbonyl (C=O) groups excluding carboxylic acids is 2. The van der Waals surface area contributed by atoms with Crippen molar-refractivity contribution in [1.82, 2.24) is 10.2 Å². The molecule has 0 radical (unpaired) electrons. The molecule has 3 aromatic carbocycles. The lowest BCUT2D eigenvalue weighted by atomic mass is 10.1. The number of hydrogen-bond acceptors (Lipinski definition) is 4. The lowest BCUT2D eigenvalue weighted by Crippen LogP contribution is -2.50. The topological polar surface area (TPSA) is 86.8 Å². The van der Waals surface area contributed by atoms with Gasteiger partial charge in [-0.1, -0.05) is 65.1 Å². The van der Waals surface area contributed by atoms with Gasteiger partial charge in [0, 0.05) is 28.7 Å². The second-order valence-electron chi connectivity index (χ2n) is 8.31. The zero-order chi connectivity index (χ0) is 27.3. The summed E-state index contributed by atoms with van der Waals surface area (Å²) in [6.45, 7) is 2.72. The van der Waals surface area contributed by atoms with Gasteiger partial charge in [0.25, 0.3) is 10.0 Å². The van der Waals surface area contributed by atoms with Crippen molar-refractivity contribution in [1.29, 1.82) is 0 Å². The molecular formula is C26H26Cl3N3O4S. The minimum atomic E-state index is -4.17. The third-order valence-electron chi connectivity index (χ3n) is 5.82. The molecule has 37 heavy (non-hydrogen) atoms. The fourth-order valence-electron chi connectivity index (χ4n) is 3.61. The first-order valence-electron chi connectivity index (χ1n) is 11.2. The van der Waals surface area contributed by atoms with Crippen LogP contribution in [0.3, 0.4) is 0 Å². The van der Waals surface area contributed by atoms with Crippen LogP contribution in [0.5, 0.6) is 0 Å². The number of carbonyl (C=O) groups is 2. The van der Waals surface area contributed by atoms with Gasteiger partial charge in [0.15, 0.2) is 0 Å². The maximum atomic E-state index is 13.7. The first-order chi connectivity index (χ1) is 17.4. The van der Waals surface area contributed by atoms with Gasteiger partial charge in [0.1, 0.15) is 12.6 Å². The summed E-state index contributed by atoms with van der Waals surface area (Å²) in [6.07, 6.45) is 0. The minimum absolute atomic E-state index is 0.00569. The summed E-state index contributed by atoms with van der Waals surface area (Å²) in [5.41, 5.74) is 1.51. The number of hydrogen-bond donors (Lipinski definition) is 1. The van der Waals surface area contributed by atoms with Gasteiger partial charge in [-0.3, -0.25) is 13.9 Å². The standard InChI is InChI=1S/C26H26Cl3N3O4S/c1-17-9-12-21(14-23(17)28)32(37(35,36)22-7-5-4-6-8-22)16-25(33)31(18(2)26(34)30-3)15-19-10-11-20(27)13-24(19)29/h4-14,18H,15-16H2,1-3H3,(H,30,34)/t18-/m1/s1. The van der Waals surface area contributed by atoms with Crippen LogP contribution in [-0.2, 0) is 26.2 Å². The Balaban J connectivity index is 2.06. The summed E-state index contributed by atoms with van der Waals surface area (Å²) < 4.78 is 28.4. The summed E-state index contributed by atoms with van der Waals surface area (Å²) >= 11 is 18.7. The van der Waals surface area contributed by atoms with Gasteiger partial charge < -0.3 is 10.2 Å². The predicted molar refractivity (Wildman–Crippen MR) is 148 cm³/mol. The van der Waals surface area contributed by atoms with Crippen molar-refractivity contribution < 1.29 is 18.0 Å². The number of halogens is 3. The number of rotatable bonds is 9. The zero-order valence-corrected chi connectivity index (χ0v) is 23.5. The Labute approximate surface area is 232 Å². The third-order valence-corrected chi connectivity index (χ3v) is 8.61. The van der Waals surface area contributed by atoms with Crippen molar-refractivity contribution in [2.75, 3.05) is 17.9 Å². The lowest BCUT2D eigenvalue weighted by molar-refractivity contribution is -0.139. The van der Waals surface area contributed by atoms with E-state index in [0.29, 0.717) is 20.6 Å². The molecule has 11 heteroatoms. The molecule has 2 amide bonds. The summed E-state index contributed by atoms with van der Waals surface area (Å²) in [5.74, 6) is -1.03. The van der Waals surface area contributed by atoms with Crippen molar-refractivity contribution in [2.45, 2.75) is 31.3 Å². The van der Waals surface area contributed by atoms with E-state index < -0.39 is 34.4 Å². The number of likely N-dealkylation sites (N-methyl/N-ethyl adjacent to an activating group) is 1. The molecule has 1 N–H and O–H groups in total. The highest BCUT2D eigenvalue weighted by Crippen LogP contribution is 2.29. The van der Waals surface area contributed by atoms with E-state index in [1.165, 1.54) is 36.2 Å². The minimum Gasteiger partial charge on any atom is -0.357 e. The fraction of sp³-hybridized carbons (Fsp3) is 0.231. The zero-order valence-electron chi connectivity index (χ0n) is 20.4. The molecule has 0 aliphatic carbocycles. The Kier molecular flexibility index (Phi) is 9.47. The number of amides is 2. The molecule has 3 rings (SSSR count). The quantitative estimate of drug-likeness (QED) is 0.370. The molecule has 0 aliphatic heterocycles. The highest BCUT2D eigenvalue weighted by atomic mass is 35.5. The Hall–Kier alpha value is -2.78. The number of benzene rings is 3. The molecule has 0 spiro atoms. The number of nitrogens with one attached hydrogen (secondary N) is 1. The first-order valence-corrected chi connectivity index (χ1v) is 13.8. The average Bonchev–Trinajstić information content (AvgIpc) is 2.88. The first kappa shape index (κ1) is 28.8. The van der Waals surface area contributed by atoms with E-state index in [0.717, 1.165) is 9.87 Å². The van der Waals surface area contributed by atoms with E-state index in [1.807, 2.05) is 0 Å². The number of aryl methyl sites for hydroxylation is 1. The normalized spacial score (nSPS) is 12.1. The van der Waals surface area contributed by atoms with Gasteiger partial charge in [0.05, 0.1) is 10.6 Å². The van der Waals surface area contributed by atoms with Crippen LogP contribution in [0, 0.1) is 6.92 Å². The van der Waals surface area contributed by atoms with E-state index in [4.69, 9.17) is 34.8 Å². The van der Waals surface area contributed by atoms with Crippen molar-refractivity contribution in [3.63, 3.8) is 0 Å². The van der Waals surface area contributed by atoms with E-state index in [9.17, 15) is 18.0 Å². The lowest BCUT2D eigenvalue weighted by Gasteiger charge is -2.32. The SMILES string of the molecule is CNC(=O)[C@@H](C)N(Cc1ccc(Cl)cc1Cl)C(=O)CN(c1ccc(C)c(Cl)c1)S(=O)(=O)c1ccccc1. The molecule has 0 unspecified atom stereocenters. The van der Waals surface area contributed by atoms with Gasteiger partial charge in [-0.25, -0.2) is 8.42 Å². The smallest absolute Gasteiger partial charge is 0.264 e. The Morgan fingerprint density at radius 3 is 2.22 bits per heavy atom. The number of anilines is 1. The molecule has 0 fully saturated rings. The molecule has 0 saturated carbocycles. The van der Waals surface area contributed by atoms with Crippen LogP contribution >= 0.6 is 34.8 Å². The molecule has 0 heterocycles. The monoisotopic (exact) mass is 581 g/mol. The number of sulfonamides is 1. The molecule has 0 aliphatic rings. The van der Waals surface area contributed by atoms with Gasteiger partial charge in [-0.2, -0.15) is 0 Å². The largest absolute Gasteiger partial charge is 0.357 e. The maximum Gasteiger partial charge on any atom is 0.264 e. The molecule has 3 aromatic rings. The molecule has 0 aromatic heterocycles. The molecule has 1 atom stereocenters. The van der Waals surface area contributed by atoms with Crippen LogP contribution in [0.4, 0.5) is 5.69 Å². The molecule has 0 saturated heterocycles. The van der Waals surface area contributed by atoms with Gasteiger partial charge >= 0.3 is 0 Å². The van der Waals surface area contributed by atoms with Crippen LogP contribution in [0.1, 0.15) is 18.1 Å². The molecular weight excluding hydrogens is 557 g/mol. The second kappa shape index (κ2) is 12.2. The predicted octanol–water partition coefficient (Wildman–Crippen LogP) is 5.31. The van der Waals surface area contributed by atoms with Crippen LogP contribution < -0.4 is 9.62 Å². The highest BCUT2D eigenvalue weighted by molar-refractivity contribution is 7.92.